The Labute approximate surface area is 164 Å². The minimum Gasteiger partial charge on any atom is -0.369 e. The van der Waals surface area contributed by atoms with Crippen molar-refractivity contribution in [3.05, 3.63) is 49.1 Å². The standard InChI is InChI=1S/C21H24N6O/c28-19(26-13-20(14-26)9-24(10-20)17-3-1-5-22-7-17)27-15-21(16-27)11-25(12-21)18-4-2-6-23-8-18/h1-8H,9-16H2. The molecule has 6 rings (SSSR count). The summed E-state index contributed by atoms with van der Waals surface area (Å²) in [4.78, 5) is 29.9. The lowest BCUT2D eigenvalue weighted by Crippen LogP contribution is -2.78. The van der Waals surface area contributed by atoms with Crippen LogP contribution in [0.1, 0.15) is 0 Å². The summed E-state index contributed by atoms with van der Waals surface area (Å²) in [6.45, 7) is 7.72. The summed E-state index contributed by atoms with van der Waals surface area (Å²) in [5.41, 5.74) is 2.99. The van der Waals surface area contributed by atoms with E-state index in [4.69, 9.17) is 0 Å². The molecule has 0 saturated carbocycles. The Balaban J connectivity index is 0.973. The van der Waals surface area contributed by atoms with Gasteiger partial charge in [-0.05, 0) is 24.3 Å². The molecule has 0 radical (unpaired) electrons. The first-order chi connectivity index (χ1) is 13.6. The number of rotatable bonds is 2. The summed E-state index contributed by atoms with van der Waals surface area (Å²) in [5.74, 6) is 0. The molecule has 4 aliphatic rings. The fourth-order valence-corrected chi connectivity index (χ4v) is 5.37. The predicted molar refractivity (Wildman–Crippen MR) is 106 cm³/mol. The molecule has 6 heterocycles. The Bertz CT molecular complexity index is 802. The SMILES string of the molecule is O=C(N1CC2(C1)CN(c1cccnc1)C2)N1CC2(C1)CN(c1cccnc1)C2. The van der Waals surface area contributed by atoms with Gasteiger partial charge in [0.15, 0.2) is 0 Å². The molecule has 28 heavy (non-hydrogen) atoms. The zero-order chi connectivity index (χ0) is 18.8. The lowest BCUT2D eigenvalue weighted by molar-refractivity contribution is -0.0441. The number of pyridine rings is 2. The van der Waals surface area contributed by atoms with Gasteiger partial charge < -0.3 is 19.6 Å². The fourth-order valence-electron chi connectivity index (χ4n) is 5.37. The number of likely N-dealkylation sites (tertiary alicyclic amines) is 2. The molecule has 4 aliphatic heterocycles. The highest BCUT2D eigenvalue weighted by molar-refractivity contribution is 5.77. The second kappa shape index (κ2) is 5.59. The number of amides is 2. The van der Waals surface area contributed by atoms with Crippen molar-refractivity contribution in [3.8, 4) is 0 Å². The highest BCUT2D eigenvalue weighted by Gasteiger charge is 2.58. The summed E-state index contributed by atoms with van der Waals surface area (Å²) in [5, 5.41) is 0. The van der Waals surface area contributed by atoms with Crippen LogP contribution in [-0.4, -0.2) is 78.2 Å². The molecule has 4 fully saturated rings. The number of nitrogens with zero attached hydrogens (tertiary/aromatic N) is 6. The molecule has 0 aliphatic carbocycles. The molecule has 0 bridgehead atoms. The van der Waals surface area contributed by atoms with Crippen molar-refractivity contribution in [2.45, 2.75) is 0 Å². The summed E-state index contributed by atoms with van der Waals surface area (Å²) < 4.78 is 0. The Morgan fingerprint density at radius 3 is 1.50 bits per heavy atom. The molecule has 144 valence electrons. The van der Waals surface area contributed by atoms with Crippen molar-refractivity contribution < 1.29 is 4.79 Å². The number of urea groups is 1. The van der Waals surface area contributed by atoms with Gasteiger partial charge in [0.2, 0.25) is 0 Å². The predicted octanol–water partition coefficient (Wildman–Crippen LogP) is 1.54. The average molecular weight is 376 g/mol. The number of carbonyl (C=O) groups excluding carboxylic acids is 1. The van der Waals surface area contributed by atoms with Gasteiger partial charge in [-0.15, -0.1) is 0 Å². The first kappa shape index (κ1) is 16.2. The first-order valence-corrected chi connectivity index (χ1v) is 9.98. The van der Waals surface area contributed by atoms with Gasteiger partial charge in [-0.3, -0.25) is 9.97 Å². The minimum atomic E-state index is 0.232. The second-order valence-electron chi connectivity index (χ2n) is 9.13. The third-order valence-electron chi connectivity index (χ3n) is 6.77. The van der Waals surface area contributed by atoms with Gasteiger partial charge >= 0.3 is 6.03 Å². The zero-order valence-electron chi connectivity index (χ0n) is 15.9. The van der Waals surface area contributed by atoms with Crippen molar-refractivity contribution in [2.24, 2.45) is 10.8 Å². The van der Waals surface area contributed by atoms with E-state index in [0.717, 1.165) is 52.4 Å². The lowest BCUT2D eigenvalue weighted by atomic mass is 9.71. The van der Waals surface area contributed by atoms with Gasteiger partial charge in [0.1, 0.15) is 0 Å². The maximum Gasteiger partial charge on any atom is 0.320 e. The molecular formula is C21H24N6O. The largest absolute Gasteiger partial charge is 0.369 e. The highest BCUT2D eigenvalue weighted by atomic mass is 16.2. The summed E-state index contributed by atoms with van der Waals surface area (Å²) in [6.07, 6.45) is 7.45. The molecule has 0 aromatic carbocycles. The average Bonchev–Trinajstić information content (AvgIpc) is 2.59. The maximum absolute atomic E-state index is 12.8. The van der Waals surface area contributed by atoms with Crippen LogP contribution in [0, 0.1) is 10.8 Å². The zero-order valence-corrected chi connectivity index (χ0v) is 15.9. The van der Waals surface area contributed by atoms with E-state index in [-0.39, 0.29) is 6.03 Å². The Morgan fingerprint density at radius 2 is 1.14 bits per heavy atom. The smallest absolute Gasteiger partial charge is 0.320 e. The van der Waals surface area contributed by atoms with Crippen LogP contribution in [0.25, 0.3) is 0 Å². The van der Waals surface area contributed by atoms with Crippen molar-refractivity contribution in [2.75, 3.05) is 62.2 Å². The minimum absolute atomic E-state index is 0.232. The van der Waals surface area contributed by atoms with E-state index in [1.165, 1.54) is 11.4 Å². The van der Waals surface area contributed by atoms with Gasteiger partial charge in [0.25, 0.3) is 0 Å². The highest BCUT2D eigenvalue weighted by Crippen LogP contribution is 2.45. The van der Waals surface area contributed by atoms with E-state index in [9.17, 15) is 4.79 Å². The quantitative estimate of drug-likeness (QED) is 0.796. The van der Waals surface area contributed by atoms with Gasteiger partial charge in [-0.2, -0.15) is 0 Å². The Morgan fingerprint density at radius 1 is 0.714 bits per heavy atom. The molecule has 0 unspecified atom stereocenters. The number of hydrogen-bond donors (Lipinski definition) is 0. The molecule has 0 N–H and O–H groups in total. The molecule has 4 saturated heterocycles. The molecule has 7 nitrogen and oxygen atoms in total. The van der Waals surface area contributed by atoms with Crippen LogP contribution >= 0.6 is 0 Å². The van der Waals surface area contributed by atoms with E-state index in [2.05, 4.69) is 31.9 Å². The summed E-state index contributed by atoms with van der Waals surface area (Å²) >= 11 is 0. The van der Waals surface area contributed by atoms with Gasteiger partial charge in [-0.1, -0.05) is 0 Å². The Hall–Kier alpha value is -2.83. The van der Waals surface area contributed by atoms with Gasteiger partial charge in [0.05, 0.1) is 23.8 Å². The number of aromatic nitrogens is 2. The van der Waals surface area contributed by atoms with E-state index in [1.54, 1.807) is 12.4 Å². The van der Waals surface area contributed by atoms with Crippen molar-refractivity contribution in [3.63, 3.8) is 0 Å². The number of hydrogen-bond acceptors (Lipinski definition) is 5. The van der Waals surface area contributed by atoms with Crippen molar-refractivity contribution >= 4 is 17.4 Å². The van der Waals surface area contributed by atoms with E-state index < -0.39 is 0 Å². The van der Waals surface area contributed by atoms with Crippen LogP contribution in [0.3, 0.4) is 0 Å². The molecule has 7 heteroatoms. The van der Waals surface area contributed by atoms with Crippen LogP contribution in [0.5, 0.6) is 0 Å². The summed E-state index contributed by atoms with van der Waals surface area (Å²) in [6, 6.07) is 8.40. The number of anilines is 2. The van der Waals surface area contributed by atoms with Gasteiger partial charge in [0, 0.05) is 75.6 Å². The first-order valence-electron chi connectivity index (χ1n) is 9.98. The third-order valence-corrected chi connectivity index (χ3v) is 6.77. The monoisotopic (exact) mass is 376 g/mol. The fraction of sp³-hybridized carbons (Fsp3) is 0.476. The Kier molecular flexibility index (Phi) is 3.23. The molecule has 2 aromatic heterocycles. The van der Waals surface area contributed by atoms with Crippen LogP contribution < -0.4 is 9.80 Å². The van der Waals surface area contributed by atoms with Crippen molar-refractivity contribution in [1.82, 2.24) is 19.8 Å². The maximum atomic E-state index is 12.8. The van der Waals surface area contributed by atoms with Crippen LogP contribution in [0.2, 0.25) is 0 Å². The van der Waals surface area contributed by atoms with E-state index >= 15 is 0 Å². The molecule has 2 aromatic rings. The van der Waals surface area contributed by atoms with Crippen LogP contribution in [0.4, 0.5) is 16.2 Å². The summed E-state index contributed by atoms with van der Waals surface area (Å²) in [7, 11) is 0. The lowest BCUT2D eigenvalue weighted by Gasteiger charge is -2.64. The van der Waals surface area contributed by atoms with Crippen molar-refractivity contribution in [1.29, 1.82) is 0 Å². The molecule has 0 atom stereocenters. The number of carbonyl (C=O) groups is 1. The molecular weight excluding hydrogens is 352 g/mol. The molecule has 2 amide bonds. The van der Waals surface area contributed by atoms with Crippen LogP contribution in [-0.2, 0) is 0 Å². The van der Waals surface area contributed by atoms with E-state index in [1.807, 2.05) is 34.3 Å². The van der Waals surface area contributed by atoms with Crippen LogP contribution in [0.15, 0.2) is 49.1 Å². The normalized spacial score (nSPS) is 23.7. The molecule has 2 spiro atoms. The van der Waals surface area contributed by atoms with Gasteiger partial charge in [-0.25, -0.2) is 4.79 Å². The third kappa shape index (κ3) is 2.38. The topological polar surface area (TPSA) is 55.8 Å². The second-order valence-corrected chi connectivity index (χ2v) is 9.13. The van der Waals surface area contributed by atoms with E-state index in [0.29, 0.717) is 10.8 Å².